The number of halogens is 1. The number of hydrogen-bond donors (Lipinski definition) is 1. The molecule has 0 aliphatic heterocycles. The van der Waals surface area contributed by atoms with Gasteiger partial charge in [0.15, 0.2) is 4.60 Å². The molecule has 0 atom stereocenters. The molecule has 1 aromatic heterocycles. The highest BCUT2D eigenvalue weighted by molar-refractivity contribution is 9.10. The van der Waals surface area contributed by atoms with Crippen LogP contribution in [0.25, 0.3) is 0 Å². The molecule has 0 aliphatic rings. The zero-order valence-electron chi connectivity index (χ0n) is 11.3. The van der Waals surface area contributed by atoms with Crippen molar-refractivity contribution in [2.45, 2.75) is 25.3 Å². The molecular formula is C10H19BrN4O3S. The Morgan fingerprint density at radius 3 is 2.63 bits per heavy atom. The van der Waals surface area contributed by atoms with E-state index in [0.717, 1.165) is 6.42 Å². The van der Waals surface area contributed by atoms with Gasteiger partial charge in [-0.05, 0) is 28.3 Å². The molecule has 0 spiro atoms. The highest BCUT2D eigenvalue weighted by Crippen LogP contribution is 2.17. The fraction of sp³-hybridized carbons (Fsp3) is 0.800. The second-order valence-electron chi connectivity index (χ2n) is 4.50. The SMILES string of the molecule is CC(C)CCOCCNS(=O)(=O)c1c(Br)nnn1C. The van der Waals surface area contributed by atoms with E-state index in [9.17, 15) is 8.42 Å². The van der Waals surface area contributed by atoms with Gasteiger partial charge in [0, 0.05) is 20.2 Å². The van der Waals surface area contributed by atoms with Crippen molar-refractivity contribution in [3.05, 3.63) is 4.60 Å². The molecule has 1 heterocycles. The van der Waals surface area contributed by atoms with Crippen molar-refractivity contribution in [3.8, 4) is 0 Å². The van der Waals surface area contributed by atoms with Crippen molar-refractivity contribution in [1.82, 2.24) is 19.7 Å². The Morgan fingerprint density at radius 1 is 1.42 bits per heavy atom. The molecule has 0 aromatic carbocycles. The quantitative estimate of drug-likeness (QED) is 0.701. The van der Waals surface area contributed by atoms with Crippen LogP contribution in [0.4, 0.5) is 0 Å². The molecule has 9 heteroatoms. The van der Waals surface area contributed by atoms with Crippen molar-refractivity contribution >= 4 is 26.0 Å². The Labute approximate surface area is 121 Å². The summed E-state index contributed by atoms with van der Waals surface area (Å²) < 4.78 is 33.1. The van der Waals surface area contributed by atoms with Crippen molar-refractivity contribution in [3.63, 3.8) is 0 Å². The molecule has 0 amide bonds. The number of ether oxygens (including phenoxy) is 1. The van der Waals surface area contributed by atoms with Crippen LogP contribution in [0.3, 0.4) is 0 Å². The van der Waals surface area contributed by atoms with Gasteiger partial charge >= 0.3 is 0 Å². The number of nitrogens with zero attached hydrogens (tertiary/aromatic N) is 3. The summed E-state index contributed by atoms with van der Waals surface area (Å²) in [5.74, 6) is 0.577. The average Bonchev–Trinajstić information content (AvgIpc) is 2.63. The topological polar surface area (TPSA) is 86.1 Å². The van der Waals surface area contributed by atoms with E-state index in [1.165, 1.54) is 11.7 Å². The minimum absolute atomic E-state index is 0.00896. The molecule has 0 saturated heterocycles. The summed E-state index contributed by atoms with van der Waals surface area (Å²) in [6.07, 6.45) is 0.962. The van der Waals surface area contributed by atoms with E-state index in [-0.39, 0.29) is 16.2 Å². The minimum Gasteiger partial charge on any atom is -0.380 e. The maximum Gasteiger partial charge on any atom is 0.260 e. The highest BCUT2D eigenvalue weighted by Gasteiger charge is 2.23. The Kier molecular flexibility index (Phi) is 6.37. The second kappa shape index (κ2) is 7.32. The van der Waals surface area contributed by atoms with Crippen LogP contribution in [-0.4, -0.2) is 43.2 Å². The fourth-order valence-corrected chi connectivity index (χ4v) is 3.45. The molecule has 0 unspecified atom stereocenters. The van der Waals surface area contributed by atoms with Gasteiger partial charge in [-0.2, -0.15) is 0 Å². The molecule has 110 valence electrons. The molecule has 1 rings (SSSR count). The van der Waals surface area contributed by atoms with Crippen molar-refractivity contribution in [2.24, 2.45) is 13.0 Å². The highest BCUT2D eigenvalue weighted by atomic mass is 79.9. The normalized spacial score (nSPS) is 12.3. The molecule has 1 aromatic rings. The number of nitrogens with one attached hydrogen (secondary N) is 1. The van der Waals surface area contributed by atoms with Crippen LogP contribution in [0.5, 0.6) is 0 Å². The largest absolute Gasteiger partial charge is 0.380 e. The second-order valence-corrected chi connectivity index (χ2v) is 6.94. The number of aromatic nitrogens is 3. The van der Waals surface area contributed by atoms with Gasteiger partial charge in [0.1, 0.15) is 0 Å². The zero-order valence-corrected chi connectivity index (χ0v) is 13.7. The van der Waals surface area contributed by atoms with E-state index in [1.807, 2.05) is 0 Å². The molecule has 19 heavy (non-hydrogen) atoms. The first-order chi connectivity index (χ1) is 8.84. The third-order valence-corrected chi connectivity index (χ3v) is 4.72. The first kappa shape index (κ1) is 16.5. The van der Waals surface area contributed by atoms with Gasteiger partial charge in [-0.15, -0.1) is 5.10 Å². The minimum atomic E-state index is -3.62. The van der Waals surface area contributed by atoms with Crippen LogP contribution in [-0.2, 0) is 21.8 Å². The summed E-state index contributed by atoms with van der Waals surface area (Å²) in [5.41, 5.74) is 0. The Morgan fingerprint density at radius 2 is 2.11 bits per heavy atom. The van der Waals surface area contributed by atoms with Crippen molar-refractivity contribution in [1.29, 1.82) is 0 Å². The summed E-state index contributed by atoms with van der Waals surface area (Å²) in [7, 11) is -2.10. The molecular weight excluding hydrogens is 336 g/mol. The Balaban J connectivity index is 2.40. The summed E-state index contributed by atoms with van der Waals surface area (Å²) in [5, 5.41) is 7.28. The summed E-state index contributed by atoms with van der Waals surface area (Å²) >= 11 is 3.06. The van der Waals surface area contributed by atoms with Gasteiger partial charge in [-0.3, -0.25) is 0 Å². The molecule has 0 saturated carbocycles. The average molecular weight is 355 g/mol. The first-order valence-electron chi connectivity index (χ1n) is 5.97. The van der Waals surface area contributed by atoms with Gasteiger partial charge in [0.2, 0.25) is 5.03 Å². The van der Waals surface area contributed by atoms with Crippen LogP contribution in [0, 0.1) is 5.92 Å². The first-order valence-corrected chi connectivity index (χ1v) is 8.25. The maximum absolute atomic E-state index is 12.0. The fourth-order valence-electron chi connectivity index (χ4n) is 1.35. The Bertz CT molecular complexity index is 481. The molecule has 0 bridgehead atoms. The monoisotopic (exact) mass is 354 g/mol. The zero-order chi connectivity index (χ0) is 14.5. The van der Waals surface area contributed by atoms with E-state index in [1.54, 1.807) is 0 Å². The van der Waals surface area contributed by atoms with E-state index >= 15 is 0 Å². The molecule has 1 N–H and O–H groups in total. The third kappa shape index (κ3) is 5.17. The van der Waals surface area contributed by atoms with Crippen LogP contribution in [0.2, 0.25) is 0 Å². The summed E-state index contributed by atoms with van der Waals surface area (Å²) in [6, 6.07) is 0. The predicted octanol–water partition coefficient (Wildman–Crippen LogP) is 0.919. The van der Waals surface area contributed by atoms with Gasteiger partial charge in [0.05, 0.1) is 6.61 Å². The number of rotatable bonds is 8. The number of hydrogen-bond acceptors (Lipinski definition) is 5. The predicted molar refractivity (Wildman–Crippen MR) is 74.2 cm³/mol. The lowest BCUT2D eigenvalue weighted by atomic mass is 10.1. The maximum atomic E-state index is 12.0. The van der Waals surface area contributed by atoms with Crippen molar-refractivity contribution in [2.75, 3.05) is 19.8 Å². The third-order valence-electron chi connectivity index (χ3n) is 2.37. The standard InChI is InChI=1S/C10H19BrN4O3S/c1-8(2)4-6-18-7-5-12-19(16,17)10-9(11)13-14-15(10)3/h8,12H,4-7H2,1-3H3. The smallest absolute Gasteiger partial charge is 0.260 e. The molecule has 0 fully saturated rings. The van der Waals surface area contributed by atoms with Gasteiger partial charge in [-0.25, -0.2) is 17.8 Å². The van der Waals surface area contributed by atoms with Crippen LogP contribution < -0.4 is 4.72 Å². The van der Waals surface area contributed by atoms with Crippen LogP contribution in [0.1, 0.15) is 20.3 Å². The van der Waals surface area contributed by atoms with E-state index < -0.39 is 10.0 Å². The number of aryl methyl sites for hydroxylation is 1. The summed E-state index contributed by atoms with van der Waals surface area (Å²) in [4.78, 5) is 0. The lowest BCUT2D eigenvalue weighted by molar-refractivity contribution is 0.128. The molecule has 0 radical (unpaired) electrons. The number of sulfonamides is 1. The lowest BCUT2D eigenvalue weighted by Gasteiger charge is -2.08. The van der Waals surface area contributed by atoms with E-state index in [4.69, 9.17) is 4.74 Å². The Hall–Kier alpha value is -0.510. The molecule has 7 nitrogen and oxygen atoms in total. The van der Waals surface area contributed by atoms with E-state index in [2.05, 4.69) is 44.8 Å². The van der Waals surface area contributed by atoms with Crippen LogP contribution >= 0.6 is 15.9 Å². The van der Waals surface area contributed by atoms with E-state index in [0.29, 0.717) is 19.1 Å². The van der Waals surface area contributed by atoms with Crippen LogP contribution in [0.15, 0.2) is 9.63 Å². The van der Waals surface area contributed by atoms with Crippen molar-refractivity contribution < 1.29 is 13.2 Å². The summed E-state index contributed by atoms with van der Waals surface area (Å²) in [6.45, 7) is 5.42. The lowest BCUT2D eigenvalue weighted by Crippen LogP contribution is -2.29. The van der Waals surface area contributed by atoms with Gasteiger partial charge in [-0.1, -0.05) is 19.1 Å². The molecule has 0 aliphatic carbocycles. The van der Waals surface area contributed by atoms with Gasteiger partial charge in [0.25, 0.3) is 10.0 Å². The van der Waals surface area contributed by atoms with Gasteiger partial charge < -0.3 is 4.74 Å².